The molecule has 0 amide bonds. The second-order valence-electron chi connectivity index (χ2n) is 9.22. The molecule has 38 heavy (non-hydrogen) atoms. The Kier molecular flexibility index (Phi) is 10.7. The fourth-order valence-corrected chi connectivity index (χ4v) is 4.89. The Bertz CT molecular complexity index is 1270. The summed E-state index contributed by atoms with van der Waals surface area (Å²) in [6.45, 7) is 12.2. The molecule has 1 aromatic heterocycles. The van der Waals surface area contributed by atoms with Crippen molar-refractivity contribution in [2.45, 2.75) is 66.8 Å². The van der Waals surface area contributed by atoms with Crippen LogP contribution in [0.1, 0.15) is 60.3 Å². The molecule has 0 aliphatic carbocycles. The molecule has 3 rings (SSSR count). The summed E-state index contributed by atoms with van der Waals surface area (Å²) in [5.74, 6) is 3.11. The maximum atomic E-state index is 14.1. The number of hydrogen-bond donors (Lipinski definition) is 0. The van der Waals surface area contributed by atoms with Crippen molar-refractivity contribution >= 4 is 10.9 Å². The van der Waals surface area contributed by atoms with E-state index in [2.05, 4.69) is 18.4 Å². The summed E-state index contributed by atoms with van der Waals surface area (Å²) in [4.78, 5) is 14.1. The highest BCUT2D eigenvalue weighted by atomic mass is 16.5. The summed E-state index contributed by atoms with van der Waals surface area (Å²) in [6.07, 6.45) is 4.40. The highest BCUT2D eigenvalue weighted by Crippen LogP contribution is 2.40. The Hall–Kier alpha value is -3.35. The predicted octanol–water partition coefficient (Wildman–Crippen LogP) is 7.10. The molecule has 0 aliphatic heterocycles. The molecule has 1 atom stereocenters. The van der Waals surface area contributed by atoms with Crippen molar-refractivity contribution in [3.63, 3.8) is 0 Å². The lowest BCUT2D eigenvalue weighted by Crippen LogP contribution is -2.21. The van der Waals surface area contributed by atoms with Gasteiger partial charge in [0.25, 0.3) is 0 Å². The van der Waals surface area contributed by atoms with E-state index in [1.54, 1.807) is 20.3 Å². The molecule has 0 fully saturated rings. The SMILES string of the molecule is CCCCC(CC)Cn1c(-c2ccc(OCC)c(OC)c2)c(OCC)c(=O)c2c(OCC)cc(OC)cc21. The molecule has 0 saturated heterocycles. The number of hydrogen-bond acceptors (Lipinski definition) is 6. The zero-order valence-electron chi connectivity index (χ0n) is 24.0. The number of pyridine rings is 1. The molecule has 1 heterocycles. The number of rotatable bonds is 15. The molecule has 3 aromatic rings. The zero-order chi connectivity index (χ0) is 27.7. The van der Waals surface area contributed by atoms with Crippen molar-refractivity contribution in [3.05, 3.63) is 40.6 Å². The molecule has 208 valence electrons. The van der Waals surface area contributed by atoms with E-state index < -0.39 is 0 Å². The maximum absolute atomic E-state index is 14.1. The van der Waals surface area contributed by atoms with Gasteiger partial charge >= 0.3 is 0 Å². The Labute approximate surface area is 226 Å². The molecule has 0 radical (unpaired) electrons. The topological polar surface area (TPSA) is 68.2 Å². The van der Waals surface area contributed by atoms with E-state index >= 15 is 0 Å². The van der Waals surface area contributed by atoms with Gasteiger partial charge in [0.2, 0.25) is 5.43 Å². The Balaban J connectivity index is 2.47. The number of ether oxygens (including phenoxy) is 5. The largest absolute Gasteiger partial charge is 0.497 e. The fourth-order valence-electron chi connectivity index (χ4n) is 4.89. The van der Waals surface area contributed by atoms with E-state index in [0.29, 0.717) is 59.9 Å². The molecule has 0 aliphatic rings. The highest BCUT2D eigenvalue weighted by Gasteiger charge is 2.25. The van der Waals surface area contributed by atoms with Crippen LogP contribution < -0.4 is 29.1 Å². The first-order valence-electron chi connectivity index (χ1n) is 13.8. The van der Waals surface area contributed by atoms with Crippen LogP contribution in [0.5, 0.6) is 28.7 Å². The first-order valence-corrected chi connectivity index (χ1v) is 13.8. The minimum Gasteiger partial charge on any atom is -0.497 e. The van der Waals surface area contributed by atoms with Gasteiger partial charge in [0.05, 0.1) is 50.6 Å². The number of nitrogens with zero attached hydrogens (tertiary/aromatic N) is 1. The van der Waals surface area contributed by atoms with E-state index in [-0.39, 0.29) is 5.43 Å². The smallest absolute Gasteiger partial charge is 0.235 e. The van der Waals surface area contributed by atoms with Crippen LogP contribution in [-0.2, 0) is 6.54 Å². The van der Waals surface area contributed by atoms with E-state index in [4.69, 9.17) is 23.7 Å². The van der Waals surface area contributed by atoms with E-state index in [1.165, 1.54) is 0 Å². The lowest BCUT2D eigenvalue weighted by Gasteiger charge is -2.26. The molecule has 0 bridgehead atoms. The summed E-state index contributed by atoms with van der Waals surface area (Å²) in [6, 6.07) is 9.47. The Morgan fingerprint density at radius 1 is 0.816 bits per heavy atom. The average molecular weight is 526 g/mol. The standard InChI is InChI=1S/C31H43NO6/c1-8-13-14-21(9-2)20-32-24-18-23(34-6)19-27(37-11-4)28(24)30(33)31(38-12-5)29(32)22-15-16-25(36-10-3)26(17-22)35-7/h15-19,21H,8-14,20H2,1-7H3. The van der Waals surface area contributed by atoms with Crippen LogP contribution >= 0.6 is 0 Å². The third-order valence-electron chi connectivity index (χ3n) is 6.81. The minimum atomic E-state index is -0.200. The molecule has 0 spiro atoms. The van der Waals surface area contributed by atoms with Gasteiger partial charge < -0.3 is 28.3 Å². The van der Waals surface area contributed by atoms with Crippen LogP contribution in [0.15, 0.2) is 35.1 Å². The van der Waals surface area contributed by atoms with Crippen molar-refractivity contribution in [1.82, 2.24) is 4.57 Å². The quantitative estimate of drug-likeness (QED) is 0.211. The summed E-state index contributed by atoms with van der Waals surface area (Å²) in [5, 5.41) is 0.503. The van der Waals surface area contributed by atoms with E-state index in [0.717, 1.165) is 49.0 Å². The average Bonchev–Trinajstić information content (AvgIpc) is 2.93. The van der Waals surface area contributed by atoms with Gasteiger partial charge in [-0.25, -0.2) is 0 Å². The van der Waals surface area contributed by atoms with Gasteiger partial charge in [0.15, 0.2) is 17.2 Å². The van der Waals surface area contributed by atoms with Crippen molar-refractivity contribution in [2.75, 3.05) is 34.0 Å². The van der Waals surface area contributed by atoms with Gasteiger partial charge in [-0.05, 0) is 51.3 Å². The molecule has 0 N–H and O–H groups in total. The van der Waals surface area contributed by atoms with Gasteiger partial charge in [-0.15, -0.1) is 0 Å². The van der Waals surface area contributed by atoms with Crippen molar-refractivity contribution < 1.29 is 23.7 Å². The Morgan fingerprint density at radius 3 is 2.13 bits per heavy atom. The normalized spacial score (nSPS) is 11.9. The number of unbranched alkanes of at least 4 members (excludes halogenated alkanes) is 1. The first-order chi connectivity index (χ1) is 18.5. The fraction of sp³-hybridized carbons (Fsp3) is 0.516. The maximum Gasteiger partial charge on any atom is 0.235 e. The molecule has 0 saturated carbocycles. The molecule has 1 unspecified atom stereocenters. The van der Waals surface area contributed by atoms with E-state index in [1.807, 2.05) is 45.0 Å². The first kappa shape index (κ1) is 29.2. The van der Waals surface area contributed by atoms with Crippen LogP contribution in [0, 0.1) is 5.92 Å². The molecule has 7 heteroatoms. The number of fused-ring (bicyclic) bond motifs is 1. The third-order valence-corrected chi connectivity index (χ3v) is 6.81. The lowest BCUT2D eigenvalue weighted by atomic mass is 9.97. The van der Waals surface area contributed by atoms with Gasteiger partial charge in [-0.2, -0.15) is 0 Å². The van der Waals surface area contributed by atoms with Gasteiger partial charge in [-0.1, -0.05) is 33.1 Å². The van der Waals surface area contributed by atoms with Crippen molar-refractivity contribution in [3.8, 4) is 40.0 Å². The number of methoxy groups -OCH3 is 2. The van der Waals surface area contributed by atoms with Crippen LogP contribution in [0.25, 0.3) is 22.2 Å². The summed E-state index contributed by atoms with van der Waals surface area (Å²) in [5.41, 5.74) is 2.10. The van der Waals surface area contributed by atoms with Crippen LogP contribution in [0.2, 0.25) is 0 Å². The summed E-state index contributed by atoms with van der Waals surface area (Å²) >= 11 is 0. The molecular formula is C31H43NO6. The molecule has 7 nitrogen and oxygen atoms in total. The minimum absolute atomic E-state index is 0.200. The monoisotopic (exact) mass is 525 g/mol. The van der Waals surface area contributed by atoms with Crippen LogP contribution in [0.4, 0.5) is 0 Å². The zero-order valence-corrected chi connectivity index (χ0v) is 24.0. The molecule has 2 aromatic carbocycles. The van der Waals surface area contributed by atoms with Crippen molar-refractivity contribution in [2.24, 2.45) is 5.92 Å². The third kappa shape index (κ3) is 6.20. The summed E-state index contributed by atoms with van der Waals surface area (Å²) in [7, 11) is 3.25. The lowest BCUT2D eigenvalue weighted by molar-refractivity contribution is 0.311. The van der Waals surface area contributed by atoms with Gasteiger partial charge in [-0.3, -0.25) is 4.79 Å². The summed E-state index contributed by atoms with van der Waals surface area (Å²) < 4.78 is 31.4. The number of aromatic nitrogens is 1. The van der Waals surface area contributed by atoms with Gasteiger partial charge in [0, 0.05) is 24.2 Å². The molecular weight excluding hydrogens is 482 g/mol. The second-order valence-corrected chi connectivity index (χ2v) is 9.22. The van der Waals surface area contributed by atoms with Crippen LogP contribution in [-0.4, -0.2) is 38.6 Å². The second kappa shape index (κ2) is 14.0. The van der Waals surface area contributed by atoms with Crippen LogP contribution in [0.3, 0.4) is 0 Å². The number of benzene rings is 2. The van der Waals surface area contributed by atoms with E-state index in [9.17, 15) is 4.79 Å². The highest BCUT2D eigenvalue weighted by molar-refractivity contribution is 5.92. The Morgan fingerprint density at radius 2 is 1.53 bits per heavy atom. The van der Waals surface area contributed by atoms with Gasteiger partial charge in [0.1, 0.15) is 11.5 Å². The van der Waals surface area contributed by atoms with Crippen molar-refractivity contribution in [1.29, 1.82) is 0 Å². The predicted molar refractivity (Wildman–Crippen MR) is 154 cm³/mol.